The number of ether oxygens (including phenoxy) is 3. The van der Waals surface area contributed by atoms with Crippen molar-refractivity contribution in [3.63, 3.8) is 0 Å². The van der Waals surface area contributed by atoms with Crippen molar-refractivity contribution in [2.75, 3.05) is 25.2 Å². The Labute approximate surface area is 251 Å². The van der Waals surface area contributed by atoms with Crippen LogP contribution in [0.5, 0.6) is 11.5 Å². The van der Waals surface area contributed by atoms with Gasteiger partial charge in [0.1, 0.15) is 22.9 Å². The number of aryl methyl sites for hydroxylation is 1. The van der Waals surface area contributed by atoms with Crippen LogP contribution in [0.4, 0.5) is 9.52 Å². The number of halogens is 1. The number of thiazole rings is 1. The molecule has 2 aromatic carbocycles. The van der Waals surface area contributed by atoms with Gasteiger partial charge in [0.25, 0.3) is 5.91 Å². The van der Waals surface area contributed by atoms with E-state index in [1.165, 1.54) is 24.2 Å². The zero-order chi connectivity index (χ0) is 30.7. The molecule has 0 N–H and O–H groups in total. The standard InChI is InChI=1S/C32H31FN2O7S/c1-5-7-8-9-15-40-23-12-10-19(16-24(23)39-4)26-25-27(36)21-17-20(33)11-13-22(21)42-28(25)30(37)35(26)32-34-18(3)29(43-32)31(38)41-14-6-2/h6,10-13,16-17,26H,2,5,7-9,14-15H2,1,3-4H3. The van der Waals surface area contributed by atoms with Crippen LogP contribution >= 0.6 is 11.3 Å². The van der Waals surface area contributed by atoms with E-state index >= 15 is 0 Å². The van der Waals surface area contributed by atoms with Gasteiger partial charge in [-0.1, -0.05) is 56.2 Å². The fourth-order valence-electron chi connectivity index (χ4n) is 5.02. The molecule has 0 fully saturated rings. The maximum atomic E-state index is 14.2. The Morgan fingerprint density at radius 2 is 1.98 bits per heavy atom. The highest BCUT2D eigenvalue weighted by atomic mass is 32.1. The Morgan fingerprint density at radius 3 is 2.72 bits per heavy atom. The van der Waals surface area contributed by atoms with E-state index in [0.29, 0.717) is 29.4 Å². The summed E-state index contributed by atoms with van der Waals surface area (Å²) >= 11 is 0.957. The van der Waals surface area contributed by atoms with Gasteiger partial charge < -0.3 is 18.6 Å². The van der Waals surface area contributed by atoms with E-state index in [2.05, 4.69) is 18.5 Å². The summed E-state index contributed by atoms with van der Waals surface area (Å²) in [6.45, 7) is 7.84. The monoisotopic (exact) mass is 606 g/mol. The van der Waals surface area contributed by atoms with E-state index < -0.39 is 29.2 Å². The molecule has 1 unspecified atom stereocenters. The van der Waals surface area contributed by atoms with Crippen LogP contribution in [0, 0.1) is 12.7 Å². The number of hydrogen-bond donors (Lipinski definition) is 0. The minimum absolute atomic E-state index is 0.00130. The summed E-state index contributed by atoms with van der Waals surface area (Å²) in [6, 6.07) is 7.69. The van der Waals surface area contributed by atoms with Crippen LogP contribution in [0.25, 0.3) is 11.0 Å². The van der Waals surface area contributed by atoms with E-state index in [1.807, 2.05) is 0 Å². The molecule has 2 aromatic heterocycles. The predicted octanol–water partition coefficient (Wildman–Crippen LogP) is 6.76. The van der Waals surface area contributed by atoms with E-state index in [9.17, 15) is 18.8 Å². The Balaban J connectivity index is 1.63. The highest BCUT2D eigenvalue weighted by Crippen LogP contribution is 2.45. The molecule has 43 heavy (non-hydrogen) atoms. The summed E-state index contributed by atoms with van der Waals surface area (Å²) in [4.78, 5) is 46.5. The number of esters is 1. The third kappa shape index (κ3) is 5.77. The molecule has 3 heterocycles. The van der Waals surface area contributed by atoms with Gasteiger partial charge in [-0.15, -0.1) is 0 Å². The van der Waals surface area contributed by atoms with Crippen molar-refractivity contribution in [3.8, 4) is 11.5 Å². The maximum Gasteiger partial charge on any atom is 0.350 e. The van der Waals surface area contributed by atoms with Gasteiger partial charge in [0.2, 0.25) is 5.76 Å². The number of fused-ring (bicyclic) bond motifs is 2. The molecule has 11 heteroatoms. The van der Waals surface area contributed by atoms with E-state index in [1.54, 1.807) is 25.1 Å². The molecule has 0 bridgehead atoms. The van der Waals surface area contributed by atoms with Gasteiger partial charge in [-0.3, -0.25) is 14.5 Å². The minimum atomic E-state index is -1.01. The molecule has 0 spiro atoms. The van der Waals surface area contributed by atoms with E-state index in [4.69, 9.17) is 18.6 Å². The highest BCUT2D eigenvalue weighted by Gasteiger charge is 2.45. The molecule has 1 atom stereocenters. The first-order valence-corrected chi connectivity index (χ1v) is 14.8. The van der Waals surface area contributed by atoms with E-state index in [0.717, 1.165) is 49.2 Å². The van der Waals surface area contributed by atoms with Crippen molar-refractivity contribution in [2.45, 2.75) is 45.6 Å². The summed E-state index contributed by atoms with van der Waals surface area (Å²) in [5.41, 5.74) is 0.418. The lowest BCUT2D eigenvalue weighted by atomic mass is 9.98. The third-order valence-corrected chi connectivity index (χ3v) is 8.24. The summed E-state index contributed by atoms with van der Waals surface area (Å²) in [5.74, 6) is -1.11. The molecule has 4 aromatic rings. The van der Waals surface area contributed by atoms with Gasteiger partial charge in [-0.25, -0.2) is 14.2 Å². The minimum Gasteiger partial charge on any atom is -0.493 e. The molecule has 0 saturated carbocycles. The first kappa shape index (κ1) is 30.0. The predicted molar refractivity (Wildman–Crippen MR) is 161 cm³/mol. The van der Waals surface area contributed by atoms with Gasteiger partial charge in [-0.05, 0) is 49.2 Å². The second kappa shape index (κ2) is 12.8. The lowest BCUT2D eigenvalue weighted by molar-refractivity contribution is 0.0554. The third-order valence-electron chi connectivity index (χ3n) is 7.10. The zero-order valence-electron chi connectivity index (χ0n) is 24.1. The molecule has 1 aliphatic rings. The van der Waals surface area contributed by atoms with Crippen LogP contribution < -0.4 is 19.8 Å². The number of nitrogens with zero attached hydrogens (tertiary/aromatic N) is 2. The van der Waals surface area contributed by atoms with Crippen LogP contribution in [-0.4, -0.2) is 37.2 Å². The summed E-state index contributed by atoms with van der Waals surface area (Å²) < 4.78 is 36.9. The molecule has 0 radical (unpaired) electrons. The Kier molecular flexibility index (Phi) is 8.91. The summed E-state index contributed by atoms with van der Waals surface area (Å²) in [5, 5.41) is 0.163. The SMILES string of the molecule is C=CCOC(=O)c1sc(N2C(=O)c3oc4ccc(F)cc4c(=O)c3C2c2ccc(OCCCCCC)c(OC)c2)nc1C. The number of carbonyl (C=O) groups is 2. The normalized spacial score (nSPS) is 14.2. The van der Waals surface area contributed by atoms with E-state index in [-0.39, 0.29) is 38.9 Å². The average Bonchev–Trinajstić information content (AvgIpc) is 3.53. The molecule has 1 amide bonds. The van der Waals surface area contributed by atoms with Crippen molar-refractivity contribution >= 4 is 39.3 Å². The topological polar surface area (TPSA) is 108 Å². The molecular weight excluding hydrogens is 575 g/mol. The van der Waals surface area contributed by atoms with Gasteiger partial charge >= 0.3 is 5.97 Å². The smallest absolute Gasteiger partial charge is 0.350 e. The van der Waals surface area contributed by atoms with Crippen molar-refractivity contribution < 1.29 is 32.6 Å². The van der Waals surface area contributed by atoms with Crippen molar-refractivity contribution in [2.24, 2.45) is 0 Å². The first-order chi connectivity index (χ1) is 20.8. The molecular formula is C32H31FN2O7S. The summed E-state index contributed by atoms with van der Waals surface area (Å²) in [6.07, 6.45) is 5.62. The second-order valence-corrected chi connectivity index (χ2v) is 11.0. The van der Waals surface area contributed by atoms with Gasteiger partial charge in [-0.2, -0.15) is 0 Å². The summed E-state index contributed by atoms with van der Waals surface area (Å²) in [7, 11) is 1.50. The van der Waals surface area contributed by atoms with Crippen LogP contribution in [-0.2, 0) is 4.74 Å². The maximum absolute atomic E-state index is 14.2. The zero-order valence-corrected chi connectivity index (χ0v) is 24.9. The average molecular weight is 607 g/mol. The lowest BCUT2D eigenvalue weighted by Gasteiger charge is -2.23. The number of benzene rings is 2. The Hall–Kier alpha value is -4.51. The molecule has 9 nitrogen and oxygen atoms in total. The first-order valence-electron chi connectivity index (χ1n) is 13.9. The van der Waals surface area contributed by atoms with Crippen LogP contribution in [0.2, 0.25) is 0 Å². The van der Waals surface area contributed by atoms with Crippen LogP contribution in [0.3, 0.4) is 0 Å². The van der Waals surface area contributed by atoms with Gasteiger partial charge in [0, 0.05) is 0 Å². The molecule has 0 saturated heterocycles. The number of unbranched alkanes of at least 4 members (excludes halogenated alkanes) is 3. The van der Waals surface area contributed by atoms with Crippen molar-refractivity contribution in [1.29, 1.82) is 0 Å². The fraction of sp³-hybridized carbons (Fsp3) is 0.312. The lowest BCUT2D eigenvalue weighted by Crippen LogP contribution is -2.29. The van der Waals surface area contributed by atoms with Crippen LogP contribution in [0.15, 0.2) is 58.3 Å². The largest absolute Gasteiger partial charge is 0.493 e. The molecule has 224 valence electrons. The fourth-order valence-corrected chi connectivity index (χ4v) is 6.00. The van der Waals surface area contributed by atoms with Crippen molar-refractivity contribution in [1.82, 2.24) is 4.98 Å². The number of methoxy groups -OCH3 is 1. The van der Waals surface area contributed by atoms with Gasteiger partial charge in [0.05, 0.1) is 36.4 Å². The number of rotatable bonds is 12. The number of anilines is 1. The molecule has 0 aliphatic carbocycles. The van der Waals surface area contributed by atoms with Gasteiger partial charge in [0.15, 0.2) is 22.1 Å². The van der Waals surface area contributed by atoms with Crippen molar-refractivity contribution in [3.05, 3.63) is 92.6 Å². The highest BCUT2D eigenvalue weighted by molar-refractivity contribution is 7.17. The quantitative estimate of drug-likeness (QED) is 0.0989. The van der Waals surface area contributed by atoms with Crippen LogP contribution in [0.1, 0.15) is 75.7 Å². The number of amides is 1. The number of carbonyl (C=O) groups excluding carboxylic acids is 2. The second-order valence-electron chi connectivity index (χ2n) is 10.0. The number of hydrogen-bond acceptors (Lipinski definition) is 9. The molecule has 1 aliphatic heterocycles. The Morgan fingerprint density at radius 1 is 1.16 bits per heavy atom. The molecule has 5 rings (SSSR count). The Bertz CT molecular complexity index is 1760. The number of aromatic nitrogens is 1.